The number of hydrogen-bond donors (Lipinski definition) is 2. The van der Waals surface area contributed by atoms with E-state index in [1.165, 1.54) is 5.56 Å². The lowest BCUT2D eigenvalue weighted by Gasteiger charge is -2.08. The molecular formula is C15H18N2OS. The summed E-state index contributed by atoms with van der Waals surface area (Å²) in [5.74, 6) is -0.000353. The summed E-state index contributed by atoms with van der Waals surface area (Å²) in [7, 11) is 0. The van der Waals surface area contributed by atoms with E-state index >= 15 is 0 Å². The number of nitrogens with one attached hydrogen (secondary N) is 2. The number of para-hydroxylation sites is 1. The molecule has 0 aliphatic rings. The molecule has 0 saturated heterocycles. The van der Waals surface area contributed by atoms with Gasteiger partial charge in [-0.15, -0.1) is 0 Å². The van der Waals surface area contributed by atoms with E-state index in [1.54, 1.807) is 11.3 Å². The molecule has 0 spiro atoms. The molecule has 1 amide bonds. The second-order valence-electron chi connectivity index (χ2n) is 4.42. The normalized spacial score (nSPS) is 10.4. The highest BCUT2D eigenvalue weighted by molar-refractivity contribution is 7.07. The van der Waals surface area contributed by atoms with Gasteiger partial charge in [-0.1, -0.05) is 18.2 Å². The highest BCUT2D eigenvalue weighted by Gasteiger charge is 2.03. The summed E-state index contributed by atoms with van der Waals surface area (Å²) in [6.45, 7) is 3.15. The third kappa shape index (κ3) is 4.50. The van der Waals surface area contributed by atoms with Gasteiger partial charge in [-0.3, -0.25) is 4.79 Å². The van der Waals surface area contributed by atoms with Crippen LogP contribution in [-0.4, -0.2) is 19.0 Å². The first kappa shape index (κ1) is 13.8. The third-order valence-corrected chi connectivity index (χ3v) is 3.61. The lowest BCUT2D eigenvalue weighted by Crippen LogP contribution is -2.29. The number of hydrogen-bond acceptors (Lipinski definition) is 3. The van der Waals surface area contributed by atoms with Gasteiger partial charge in [0, 0.05) is 5.69 Å². The van der Waals surface area contributed by atoms with E-state index in [-0.39, 0.29) is 5.91 Å². The molecule has 0 bridgehead atoms. The molecule has 0 unspecified atom stereocenters. The highest BCUT2D eigenvalue weighted by Crippen LogP contribution is 2.12. The standard InChI is InChI=1S/C15H18N2OS/c1-12-4-2-3-5-14(12)17-15(18)10-16-8-6-13-7-9-19-11-13/h2-5,7,9,11,16H,6,8,10H2,1H3,(H,17,18). The largest absolute Gasteiger partial charge is 0.325 e. The Morgan fingerprint density at radius 3 is 2.84 bits per heavy atom. The summed E-state index contributed by atoms with van der Waals surface area (Å²) < 4.78 is 0. The zero-order chi connectivity index (χ0) is 13.5. The van der Waals surface area contributed by atoms with E-state index in [4.69, 9.17) is 0 Å². The van der Waals surface area contributed by atoms with Crippen LogP contribution in [0, 0.1) is 6.92 Å². The second-order valence-corrected chi connectivity index (χ2v) is 5.20. The highest BCUT2D eigenvalue weighted by atomic mass is 32.1. The van der Waals surface area contributed by atoms with Crippen molar-refractivity contribution in [2.45, 2.75) is 13.3 Å². The number of carbonyl (C=O) groups excluding carboxylic acids is 1. The summed E-state index contributed by atoms with van der Waals surface area (Å²) in [6, 6.07) is 9.90. The van der Waals surface area contributed by atoms with E-state index < -0.39 is 0 Å². The Kier molecular flexibility index (Phi) is 5.12. The quantitative estimate of drug-likeness (QED) is 0.795. The van der Waals surface area contributed by atoms with Gasteiger partial charge in [0.2, 0.25) is 5.91 Å². The van der Waals surface area contributed by atoms with Crippen molar-refractivity contribution in [3.8, 4) is 0 Å². The first-order valence-electron chi connectivity index (χ1n) is 6.33. The maximum absolute atomic E-state index is 11.8. The van der Waals surface area contributed by atoms with Gasteiger partial charge in [-0.05, 0) is 53.9 Å². The molecule has 0 fully saturated rings. The molecule has 0 aliphatic heterocycles. The monoisotopic (exact) mass is 274 g/mol. The lowest BCUT2D eigenvalue weighted by molar-refractivity contribution is -0.115. The minimum Gasteiger partial charge on any atom is -0.325 e. The van der Waals surface area contributed by atoms with Crippen molar-refractivity contribution in [3.05, 3.63) is 52.2 Å². The van der Waals surface area contributed by atoms with Crippen molar-refractivity contribution in [1.29, 1.82) is 0 Å². The average Bonchev–Trinajstić information content (AvgIpc) is 2.91. The predicted octanol–water partition coefficient (Wildman–Crippen LogP) is 2.83. The Labute approximate surface area is 117 Å². The summed E-state index contributed by atoms with van der Waals surface area (Å²) >= 11 is 1.70. The van der Waals surface area contributed by atoms with Gasteiger partial charge in [-0.25, -0.2) is 0 Å². The SMILES string of the molecule is Cc1ccccc1NC(=O)CNCCc1ccsc1. The lowest BCUT2D eigenvalue weighted by atomic mass is 10.2. The minimum absolute atomic E-state index is 0.000353. The van der Waals surface area contributed by atoms with Crippen molar-refractivity contribution in [1.82, 2.24) is 5.32 Å². The minimum atomic E-state index is -0.000353. The maximum atomic E-state index is 11.8. The predicted molar refractivity (Wildman–Crippen MR) is 80.7 cm³/mol. The molecule has 1 aromatic carbocycles. The molecule has 2 aromatic rings. The number of aryl methyl sites for hydroxylation is 1. The van der Waals surface area contributed by atoms with Crippen molar-refractivity contribution in [2.75, 3.05) is 18.4 Å². The van der Waals surface area contributed by atoms with Crippen LogP contribution in [-0.2, 0) is 11.2 Å². The van der Waals surface area contributed by atoms with Crippen molar-refractivity contribution < 1.29 is 4.79 Å². The van der Waals surface area contributed by atoms with Crippen LogP contribution < -0.4 is 10.6 Å². The van der Waals surface area contributed by atoms with Gasteiger partial charge in [0.15, 0.2) is 0 Å². The van der Waals surface area contributed by atoms with Gasteiger partial charge in [0.05, 0.1) is 6.54 Å². The van der Waals surface area contributed by atoms with E-state index in [9.17, 15) is 4.79 Å². The van der Waals surface area contributed by atoms with Crippen LogP contribution in [0.5, 0.6) is 0 Å². The van der Waals surface area contributed by atoms with Gasteiger partial charge < -0.3 is 10.6 Å². The van der Waals surface area contributed by atoms with E-state index in [2.05, 4.69) is 27.5 Å². The Hall–Kier alpha value is -1.65. The molecule has 19 heavy (non-hydrogen) atoms. The Balaban J connectivity index is 1.69. The molecular weight excluding hydrogens is 256 g/mol. The fourth-order valence-electron chi connectivity index (χ4n) is 1.78. The van der Waals surface area contributed by atoms with Crippen LogP contribution in [0.4, 0.5) is 5.69 Å². The molecule has 0 saturated carbocycles. The van der Waals surface area contributed by atoms with E-state index in [0.29, 0.717) is 6.54 Å². The van der Waals surface area contributed by atoms with Crippen molar-refractivity contribution in [2.24, 2.45) is 0 Å². The molecule has 0 radical (unpaired) electrons. The van der Waals surface area contributed by atoms with Crippen molar-refractivity contribution in [3.63, 3.8) is 0 Å². The zero-order valence-electron chi connectivity index (χ0n) is 11.0. The molecule has 1 heterocycles. The number of rotatable bonds is 6. The Bertz CT molecular complexity index is 523. The Morgan fingerprint density at radius 1 is 1.26 bits per heavy atom. The van der Waals surface area contributed by atoms with Gasteiger partial charge in [-0.2, -0.15) is 11.3 Å². The number of amides is 1. The fourth-order valence-corrected chi connectivity index (χ4v) is 2.48. The van der Waals surface area contributed by atoms with E-state index in [1.807, 2.05) is 31.2 Å². The van der Waals surface area contributed by atoms with Crippen LogP contribution in [0.2, 0.25) is 0 Å². The average molecular weight is 274 g/mol. The van der Waals surface area contributed by atoms with Crippen molar-refractivity contribution >= 4 is 22.9 Å². The zero-order valence-corrected chi connectivity index (χ0v) is 11.8. The summed E-state index contributed by atoms with van der Waals surface area (Å²) in [4.78, 5) is 11.8. The summed E-state index contributed by atoms with van der Waals surface area (Å²) in [6.07, 6.45) is 0.959. The van der Waals surface area contributed by atoms with Crippen LogP contribution in [0.15, 0.2) is 41.1 Å². The summed E-state index contributed by atoms with van der Waals surface area (Å²) in [5, 5.41) is 10.3. The molecule has 1 aromatic heterocycles. The Morgan fingerprint density at radius 2 is 2.11 bits per heavy atom. The number of thiophene rings is 1. The first-order valence-corrected chi connectivity index (χ1v) is 7.27. The second kappa shape index (κ2) is 7.07. The topological polar surface area (TPSA) is 41.1 Å². The fraction of sp³-hybridized carbons (Fsp3) is 0.267. The van der Waals surface area contributed by atoms with Crippen LogP contribution >= 0.6 is 11.3 Å². The number of anilines is 1. The van der Waals surface area contributed by atoms with Crippen LogP contribution in [0.1, 0.15) is 11.1 Å². The smallest absolute Gasteiger partial charge is 0.238 e. The number of benzene rings is 1. The molecule has 100 valence electrons. The van der Waals surface area contributed by atoms with Gasteiger partial charge >= 0.3 is 0 Å². The molecule has 0 aliphatic carbocycles. The van der Waals surface area contributed by atoms with Crippen LogP contribution in [0.3, 0.4) is 0 Å². The third-order valence-electron chi connectivity index (χ3n) is 2.88. The van der Waals surface area contributed by atoms with Crippen LogP contribution in [0.25, 0.3) is 0 Å². The molecule has 3 nitrogen and oxygen atoms in total. The van der Waals surface area contributed by atoms with Gasteiger partial charge in [0.1, 0.15) is 0 Å². The maximum Gasteiger partial charge on any atom is 0.238 e. The molecule has 0 atom stereocenters. The molecule has 2 rings (SSSR count). The molecule has 4 heteroatoms. The first-order chi connectivity index (χ1) is 9.25. The summed E-state index contributed by atoms with van der Waals surface area (Å²) in [5.41, 5.74) is 3.28. The van der Waals surface area contributed by atoms with E-state index in [0.717, 1.165) is 24.2 Å². The molecule has 2 N–H and O–H groups in total. The van der Waals surface area contributed by atoms with Gasteiger partial charge in [0.25, 0.3) is 0 Å². The number of carbonyl (C=O) groups is 1.